The minimum atomic E-state index is -2.64. The van der Waals surface area contributed by atoms with E-state index >= 15 is 0 Å². The van der Waals surface area contributed by atoms with E-state index in [2.05, 4.69) is 50.9 Å². The van der Waals surface area contributed by atoms with Gasteiger partial charge in [-0.2, -0.15) is 0 Å². The van der Waals surface area contributed by atoms with Crippen LogP contribution in [0, 0.1) is 24.1 Å². The number of hydrogen-bond donors (Lipinski definition) is 0. The van der Waals surface area contributed by atoms with E-state index in [1.807, 2.05) is 44.2 Å². The van der Waals surface area contributed by atoms with Crippen LogP contribution in [0.25, 0.3) is 11.1 Å². The lowest BCUT2D eigenvalue weighted by atomic mass is 9.75. The van der Waals surface area contributed by atoms with E-state index in [1.165, 1.54) is 19.0 Å². The zero-order chi connectivity index (χ0) is 28.4. The number of ether oxygens (including phenoxy) is 1. The number of benzene rings is 2. The number of halogens is 1. The molecule has 0 radical (unpaired) electrons. The molecule has 210 valence electrons. The molecule has 0 N–H and O–H groups in total. The van der Waals surface area contributed by atoms with Gasteiger partial charge in [0.1, 0.15) is 18.2 Å². The van der Waals surface area contributed by atoms with Crippen LogP contribution in [0.5, 0.6) is 5.75 Å². The molecule has 39 heavy (non-hydrogen) atoms. The maximum absolute atomic E-state index is 14.9. The van der Waals surface area contributed by atoms with Crippen molar-refractivity contribution < 1.29 is 18.2 Å². The first kappa shape index (κ1) is 29.5. The highest BCUT2D eigenvalue weighted by Gasteiger charge is 2.36. The Balaban J connectivity index is 1.58. The fraction of sp³-hybridized carbons (Fsp3) is 0.485. The maximum Gasteiger partial charge on any atom is 0.200 e. The van der Waals surface area contributed by atoms with E-state index in [4.69, 9.17) is 9.26 Å². The summed E-state index contributed by atoms with van der Waals surface area (Å²) in [4.78, 5) is 4.11. The number of nitrogens with zero attached hydrogens (tertiary/aromatic N) is 1. The van der Waals surface area contributed by atoms with E-state index in [1.54, 1.807) is 6.66 Å². The summed E-state index contributed by atoms with van der Waals surface area (Å²) in [6.45, 7) is 15.2. The molecular formula is C33H43FNO3P. The molecule has 1 aromatic heterocycles. The van der Waals surface area contributed by atoms with Crippen molar-refractivity contribution in [2.75, 3.05) is 19.4 Å². The second-order valence-corrected chi connectivity index (χ2v) is 14.9. The molecule has 1 unspecified atom stereocenters. The van der Waals surface area contributed by atoms with Crippen molar-refractivity contribution in [1.82, 2.24) is 4.98 Å². The molecule has 1 saturated carbocycles. The zero-order valence-electron chi connectivity index (χ0n) is 24.5. The first-order chi connectivity index (χ1) is 18.4. The summed E-state index contributed by atoms with van der Waals surface area (Å²) in [5, 5.41) is 0. The Bertz CT molecular complexity index is 1350. The Morgan fingerprint density at radius 3 is 2.51 bits per heavy atom. The predicted octanol–water partition coefficient (Wildman–Crippen LogP) is 9.36. The highest BCUT2D eigenvalue weighted by Crippen LogP contribution is 2.53. The van der Waals surface area contributed by atoms with Crippen LogP contribution in [0.1, 0.15) is 81.7 Å². The predicted molar refractivity (Wildman–Crippen MR) is 159 cm³/mol. The Kier molecular flexibility index (Phi) is 9.03. The second kappa shape index (κ2) is 11.9. The van der Waals surface area contributed by atoms with E-state index in [-0.39, 0.29) is 23.1 Å². The number of rotatable bonds is 11. The lowest BCUT2D eigenvalue weighted by Gasteiger charge is -2.30. The number of hydrogen-bond acceptors (Lipinski definition) is 4. The van der Waals surface area contributed by atoms with E-state index in [0.717, 1.165) is 33.7 Å². The molecule has 0 saturated heterocycles. The van der Waals surface area contributed by atoms with Crippen molar-refractivity contribution in [1.29, 1.82) is 0 Å². The topological polar surface area (TPSA) is 48.4 Å². The van der Waals surface area contributed by atoms with Crippen molar-refractivity contribution in [3.8, 4) is 16.9 Å². The zero-order valence-corrected chi connectivity index (χ0v) is 25.4. The Hall–Kier alpha value is -2.49. The van der Waals surface area contributed by atoms with Gasteiger partial charge in [-0.25, -0.2) is 4.39 Å². The van der Waals surface area contributed by atoms with Crippen molar-refractivity contribution in [2.45, 2.75) is 72.8 Å². The molecule has 1 aliphatic rings. The number of aryl methyl sites for hydroxylation is 1. The highest BCUT2D eigenvalue weighted by molar-refractivity contribution is 7.58. The van der Waals surface area contributed by atoms with Crippen LogP contribution in [0.3, 0.4) is 0 Å². The van der Waals surface area contributed by atoms with Gasteiger partial charge in [0, 0.05) is 24.1 Å². The van der Waals surface area contributed by atoms with Gasteiger partial charge < -0.3 is 9.26 Å². The molecule has 0 aliphatic heterocycles. The first-order valence-electron chi connectivity index (χ1n) is 14.1. The van der Waals surface area contributed by atoms with Crippen molar-refractivity contribution in [3.63, 3.8) is 0 Å². The summed E-state index contributed by atoms with van der Waals surface area (Å²) in [6, 6.07) is 16.2. The van der Waals surface area contributed by atoms with Gasteiger partial charge >= 0.3 is 0 Å². The van der Waals surface area contributed by atoms with Crippen LogP contribution in [-0.2, 0) is 15.7 Å². The third-order valence-electron chi connectivity index (χ3n) is 7.98. The molecule has 1 aliphatic carbocycles. The van der Waals surface area contributed by atoms with Crippen molar-refractivity contribution in [2.24, 2.45) is 11.3 Å². The fourth-order valence-corrected chi connectivity index (χ4v) is 7.11. The average Bonchev–Trinajstić information content (AvgIpc) is 3.72. The molecule has 1 heterocycles. The highest BCUT2D eigenvalue weighted by atomic mass is 31.2. The molecule has 0 amide bonds. The third kappa shape index (κ3) is 7.58. The molecular weight excluding hydrogens is 508 g/mol. The summed E-state index contributed by atoms with van der Waals surface area (Å²) in [6.07, 6.45) is 4.21. The summed E-state index contributed by atoms with van der Waals surface area (Å²) < 4.78 is 39.7. The van der Waals surface area contributed by atoms with Gasteiger partial charge in [0.2, 0.25) is 7.37 Å². The van der Waals surface area contributed by atoms with E-state index in [9.17, 15) is 8.96 Å². The number of aromatic nitrogens is 1. The monoisotopic (exact) mass is 551 g/mol. The van der Waals surface area contributed by atoms with Crippen molar-refractivity contribution >= 4 is 7.37 Å². The summed E-state index contributed by atoms with van der Waals surface area (Å²) in [5.74, 6) is 1.45. The standard InChI is InChI=1S/C33H43FNO3P/c1-8-38-39(7,36)21-31(25-13-14-25)26-10-9-11-27(18-26)37-20-24-12-15-28(29(17-24)23(3)33(4,5)6)30-16-22(2)35-19-32(30)34/h9-12,15-19,23,25,31H,8,13-14,20-21H2,1-7H3/t23-,31+,39?/m1/s1. The molecule has 2 aromatic carbocycles. The summed E-state index contributed by atoms with van der Waals surface area (Å²) >= 11 is 0. The van der Waals surface area contributed by atoms with Crippen LogP contribution < -0.4 is 4.74 Å². The van der Waals surface area contributed by atoms with Crippen LogP contribution in [0.4, 0.5) is 4.39 Å². The first-order valence-corrected chi connectivity index (χ1v) is 16.3. The lowest BCUT2D eigenvalue weighted by molar-refractivity contribution is 0.304. The average molecular weight is 552 g/mol. The summed E-state index contributed by atoms with van der Waals surface area (Å²) in [7, 11) is -2.64. The minimum Gasteiger partial charge on any atom is -0.489 e. The third-order valence-corrected chi connectivity index (χ3v) is 9.84. The molecule has 4 nitrogen and oxygen atoms in total. The van der Waals surface area contributed by atoms with Gasteiger partial charge in [-0.1, -0.05) is 58.0 Å². The van der Waals surface area contributed by atoms with Gasteiger partial charge in [-0.05, 0) is 90.3 Å². The number of pyridine rings is 1. The molecule has 4 rings (SSSR count). The van der Waals surface area contributed by atoms with Crippen LogP contribution >= 0.6 is 7.37 Å². The van der Waals surface area contributed by atoms with Gasteiger partial charge in [0.15, 0.2) is 0 Å². The van der Waals surface area contributed by atoms with Gasteiger partial charge in [0.05, 0.1) is 12.8 Å². The van der Waals surface area contributed by atoms with Crippen LogP contribution in [-0.4, -0.2) is 24.4 Å². The van der Waals surface area contributed by atoms with E-state index in [0.29, 0.717) is 30.9 Å². The normalized spacial score (nSPS) is 16.9. The van der Waals surface area contributed by atoms with Crippen LogP contribution in [0.15, 0.2) is 54.7 Å². The largest absolute Gasteiger partial charge is 0.489 e. The smallest absolute Gasteiger partial charge is 0.200 e. The lowest BCUT2D eigenvalue weighted by Crippen LogP contribution is -2.16. The quantitative estimate of drug-likeness (QED) is 0.223. The van der Waals surface area contributed by atoms with Gasteiger partial charge in [-0.15, -0.1) is 0 Å². The summed E-state index contributed by atoms with van der Waals surface area (Å²) in [5.41, 5.74) is 5.58. The molecule has 3 atom stereocenters. The Labute approximate surface area is 233 Å². The van der Waals surface area contributed by atoms with Crippen molar-refractivity contribution in [3.05, 3.63) is 82.9 Å². The fourth-order valence-electron chi connectivity index (χ4n) is 5.23. The molecule has 3 aromatic rings. The van der Waals surface area contributed by atoms with Gasteiger partial charge in [-0.3, -0.25) is 9.55 Å². The second-order valence-electron chi connectivity index (χ2n) is 12.2. The Morgan fingerprint density at radius 2 is 1.85 bits per heavy atom. The molecule has 0 bridgehead atoms. The molecule has 0 spiro atoms. The molecule has 6 heteroatoms. The minimum absolute atomic E-state index is 0.000853. The van der Waals surface area contributed by atoms with E-state index < -0.39 is 7.37 Å². The SMILES string of the molecule is CCOP(C)(=O)C[C@H](c1cccc(OCc2ccc(-c3cc(C)ncc3F)c([C@@H](C)C(C)(C)C)c2)c1)C1CC1. The molecule has 1 fully saturated rings. The Morgan fingerprint density at radius 1 is 1.10 bits per heavy atom. The maximum atomic E-state index is 14.9. The van der Waals surface area contributed by atoms with Crippen LogP contribution in [0.2, 0.25) is 0 Å². The van der Waals surface area contributed by atoms with Gasteiger partial charge in [0.25, 0.3) is 0 Å².